The Balaban J connectivity index is 1.39. The molecule has 1 aromatic heterocycles. The van der Waals surface area contributed by atoms with Crippen LogP contribution in [0.3, 0.4) is 0 Å². The van der Waals surface area contributed by atoms with Gasteiger partial charge in [-0.05, 0) is 60.2 Å². The molecule has 0 spiro atoms. The summed E-state index contributed by atoms with van der Waals surface area (Å²) in [7, 11) is 0. The molecule has 3 aromatic rings. The molecule has 0 aliphatic carbocycles. The Morgan fingerprint density at radius 2 is 2.03 bits per heavy atom. The van der Waals surface area contributed by atoms with E-state index in [4.69, 9.17) is 16.0 Å². The summed E-state index contributed by atoms with van der Waals surface area (Å²) in [6.07, 6.45) is 1.57. The third-order valence-corrected chi connectivity index (χ3v) is 5.71. The van der Waals surface area contributed by atoms with E-state index < -0.39 is 0 Å². The number of fused-ring (bicyclic) bond motifs is 3. The lowest BCUT2D eigenvalue weighted by molar-refractivity contribution is -0.120. The minimum Gasteiger partial charge on any atom is -0.467 e. The molecule has 2 aliphatic rings. The van der Waals surface area contributed by atoms with Crippen LogP contribution in [0.4, 0.5) is 11.4 Å². The summed E-state index contributed by atoms with van der Waals surface area (Å²) in [6, 6.07) is 16.0. The Kier molecular flexibility index (Phi) is 4.69. The van der Waals surface area contributed by atoms with Crippen LogP contribution in [0.1, 0.15) is 27.7 Å². The highest BCUT2D eigenvalue weighted by Crippen LogP contribution is 2.40. The number of hydrogen-bond acceptors (Lipinski definition) is 5. The van der Waals surface area contributed by atoms with Crippen molar-refractivity contribution in [3.05, 3.63) is 82.8 Å². The number of carbonyl (C=O) groups excluding carboxylic acids is 2. The maximum atomic E-state index is 13.0. The molecule has 1 saturated heterocycles. The molecule has 7 nitrogen and oxygen atoms in total. The Labute approximate surface area is 178 Å². The van der Waals surface area contributed by atoms with Crippen LogP contribution in [0, 0.1) is 5.92 Å². The van der Waals surface area contributed by atoms with Crippen molar-refractivity contribution in [2.24, 2.45) is 5.92 Å². The lowest BCUT2D eigenvalue weighted by Gasteiger charge is -2.27. The van der Waals surface area contributed by atoms with Crippen LogP contribution in [0.2, 0.25) is 5.02 Å². The number of amides is 2. The summed E-state index contributed by atoms with van der Waals surface area (Å²) in [5.41, 5.74) is 6.37. The number of anilines is 2. The van der Waals surface area contributed by atoms with E-state index in [1.165, 1.54) is 0 Å². The van der Waals surface area contributed by atoms with Crippen LogP contribution in [0.5, 0.6) is 0 Å². The molecule has 2 atom stereocenters. The van der Waals surface area contributed by atoms with Crippen LogP contribution in [0.25, 0.3) is 0 Å². The van der Waals surface area contributed by atoms with Crippen LogP contribution >= 0.6 is 11.6 Å². The van der Waals surface area contributed by atoms with E-state index in [1.54, 1.807) is 53.7 Å². The van der Waals surface area contributed by atoms with Gasteiger partial charge in [0.15, 0.2) is 0 Å². The first-order chi connectivity index (χ1) is 14.6. The number of nitrogens with one attached hydrogen (secondary N) is 3. The summed E-state index contributed by atoms with van der Waals surface area (Å²) in [6.45, 7) is 0.839. The first-order valence-electron chi connectivity index (χ1n) is 9.64. The van der Waals surface area contributed by atoms with Crippen molar-refractivity contribution in [1.82, 2.24) is 10.7 Å². The van der Waals surface area contributed by atoms with Crippen LogP contribution < -0.4 is 21.1 Å². The number of hydrogen-bond donors (Lipinski definition) is 3. The van der Waals surface area contributed by atoms with Crippen LogP contribution in [-0.2, 0) is 11.3 Å². The van der Waals surface area contributed by atoms with Gasteiger partial charge in [0.2, 0.25) is 5.91 Å². The molecular weight excluding hydrogens is 404 g/mol. The number of rotatable bonds is 4. The molecular formula is C22H19ClN4O3. The Morgan fingerprint density at radius 1 is 1.20 bits per heavy atom. The van der Waals surface area contributed by atoms with Crippen molar-refractivity contribution in [3.8, 4) is 0 Å². The molecule has 0 bridgehead atoms. The molecule has 2 amide bonds. The van der Waals surface area contributed by atoms with E-state index >= 15 is 0 Å². The minimum absolute atomic E-state index is 0.0202. The molecule has 2 unspecified atom stereocenters. The van der Waals surface area contributed by atoms with E-state index in [9.17, 15) is 9.59 Å². The fourth-order valence-electron chi connectivity index (χ4n) is 3.91. The van der Waals surface area contributed by atoms with E-state index in [0.29, 0.717) is 29.4 Å². The second-order valence-electron chi connectivity index (χ2n) is 7.31. The lowest BCUT2D eigenvalue weighted by Crippen LogP contribution is -2.35. The first-order valence-corrected chi connectivity index (χ1v) is 10.0. The van der Waals surface area contributed by atoms with Gasteiger partial charge in [-0.2, -0.15) is 0 Å². The Hall–Kier alpha value is -3.29. The third-order valence-electron chi connectivity index (χ3n) is 5.46. The van der Waals surface area contributed by atoms with E-state index in [2.05, 4.69) is 16.1 Å². The predicted molar refractivity (Wildman–Crippen MR) is 113 cm³/mol. The highest BCUT2D eigenvalue weighted by molar-refractivity contribution is 6.30. The molecule has 3 N–H and O–H groups in total. The van der Waals surface area contributed by atoms with Crippen LogP contribution in [0.15, 0.2) is 65.3 Å². The molecule has 152 valence electrons. The van der Waals surface area contributed by atoms with Gasteiger partial charge in [0.05, 0.1) is 30.5 Å². The second-order valence-corrected chi connectivity index (χ2v) is 7.74. The lowest BCUT2D eigenvalue weighted by atomic mass is 9.88. The van der Waals surface area contributed by atoms with E-state index in [-0.39, 0.29) is 23.8 Å². The van der Waals surface area contributed by atoms with Crippen molar-refractivity contribution in [2.75, 3.05) is 16.9 Å². The summed E-state index contributed by atoms with van der Waals surface area (Å²) >= 11 is 5.97. The Bertz CT molecular complexity index is 1100. The van der Waals surface area contributed by atoms with Gasteiger partial charge >= 0.3 is 0 Å². The maximum absolute atomic E-state index is 13.0. The molecule has 1 fully saturated rings. The monoisotopic (exact) mass is 422 g/mol. The molecule has 30 heavy (non-hydrogen) atoms. The predicted octanol–water partition coefficient (Wildman–Crippen LogP) is 3.50. The fourth-order valence-corrected chi connectivity index (χ4v) is 4.04. The fraction of sp³-hybridized carbons (Fsp3) is 0.182. The Morgan fingerprint density at radius 3 is 2.80 bits per heavy atom. The molecule has 2 aromatic carbocycles. The second kappa shape index (κ2) is 7.51. The zero-order valence-corrected chi connectivity index (χ0v) is 16.6. The van der Waals surface area contributed by atoms with Crippen molar-refractivity contribution < 1.29 is 14.0 Å². The van der Waals surface area contributed by atoms with Crippen molar-refractivity contribution in [3.63, 3.8) is 0 Å². The van der Waals surface area contributed by atoms with E-state index in [0.717, 1.165) is 16.9 Å². The van der Waals surface area contributed by atoms with Gasteiger partial charge in [-0.15, -0.1) is 0 Å². The molecule has 0 radical (unpaired) electrons. The molecule has 0 saturated carbocycles. The number of hydrazine groups is 1. The zero-order chi connectivity index (χ0) is 20.7. The number of benzene rings is 2. The smallest absolute Gasteiger partial charge is 0.251 e. The molecule has 2 aliphatic heterocycles. The zero-order valence-electron chi connectivity index (χ0n) is 15.9. The normalized spacial score (nSPS) is 19.8. The van der Waals surface area contributed by atoms with Crippen LogP contribution in [-0.4, -0.2) is 18.4 Å². The van der Waals surface area contributed by atoms with Crippen molar-refractivity contribution in [1.29, 1.82) is 0 Å². The van der Waals surface area contributed by atoms with Gasteiger partial charge in [0.1, 0.15) is 5.76 Å². The average Bonchev–Trinajstić information content (AvgIpc) is 3.40. The van der Waals surface area contributed by atoms with Crippen molar-refractivity contribution >= 4 is 34.8 Å². The quantitative estimate of drug-likeness (QED) is 0.599. The molecule has 3 heterocycles. The number of furan rings is 1. The molecule has 5 rings (SSSR count). The molecule has 8 heteroatoms. The number of halogens is 1. The standard InChI is InChI=1S/C22H19ClN4O3/c23-14-4-6-15(7-5-14)27-22(29)18-12-24-19-8-3-13(10-17(19)20(18)26-27)21(28)25-11-16-2-1-9-30-16/h1-10,18,20,24,26H,11-12H2,(H,25,28). The third kappa shape index (κ3) is 3.32. The maximum Gasteiger partial charge on any atom is 0.251 e. The van der Waals surface area contributed by atoms with Gasteiger partial charge in [-0.25, -0.2) is 10.4 Å². The largest absolute Gasteiger partial charge is 0.467 e. The average molecular weight is 423 g/mol. The summed E-state index contributed by atoms with van der Waals surface area (Å²) in [4.78, 5) is 25.6. The highest BCUT2D eigenvalue weighted by Gasteiger charge is 2.44. The van der Waals surface area contributed by atoms with E-state index in [1.807, 2.05) is 12.1 Å². The van der Waals surface area contributed by atoms with Gasteiger partial charge in [0, 0.05) is 22.8 Å². The minimum atomic E-state index is -0.269. The summed E-state index contributed by atoms with van der Waals surface area (Å²) in [5.74, 6) is 0.197. The topological polar surface area (TPSA) is 86.6 Å². The van der Waals surface area contributed by atoms with Gasteiger partial charge < -0.3 is 15.1 Å². The SMILES string of the molecule is O=C(NCc1ccco1)c1ccc2c(c1)C1NN(c3ccc(Cl)cc3)C(=O)C1CN2. The van der Waals surface area contributed by atoms with Gasteiger partial charge in [0.25, 0.3) is 5.91 Å². The highest BCUT2D eigenvalue weighted by atomic mass is 35.5. The van der Waals surface area contributed by atoms with Crippen molar-refractivity contribution in [2.45, 2.75) is 12.6 Å². The number of carbonyl (C=O) groups is 2. The summed E-state index contributed by atoms with van der Waals surface area (Å²) in [5, 5.41) is 8.34. The van der Waals surface area contributed by atoms with Gasteiger partial charge in [-0.3, -0.25) is 9.59 Å². The van der Waals surface area contributed by atoms with Gasteiger partial charge in [-0.1, -0.05) is 11.6 Å². The summed E-state index contributed by atoms with van der Waals surface area (Å²) < 4.78 is 5.25. The first kappa shape index (κ1) is 18.7. The number of nitrogens with zero attached hydrogens (tertiary/aromatic N) is 1.